The van der Waals surface area contributed by atoms with E-state index in [0.29, 0.717) is 0 Å². The Morgan fingerprint density at radius 2 is 1.72 bits per heavy atom. The minimum absolute atomic E-state index is 0.103. The fourth-order valence-electron chi connectivity index (χ4n) is 2.94. The molecule has 1 heteroatoms. The van der Waals surface area contributed by atoms with Gasteiger partial charge in [-0.05, 0) is 24.8 Å². The van der Waals surface area contributed by atoms with Crippen LogP contribution in [0.3, 0.4) is 0 Å². The van der Waals surface area contributed by atoms with Gasteiger partial charge in [0.1, 0.15) is 0 Å². The molecule has 0 aromatic heterocycles. The smallest absolute Gasteiger partial charge is 0.0636 e. The Morgan fingerprint density at radius 1 is 1.06 bits per heavy atom. The number of hydrogen-bond donors (Lipinski definition) is 1. The van der Waals surface area contributed by atoms with E-state index in [9.17, 15) is 5.11 Å². The standard InChI is InChI=1S/C17H26O/c1-2-3-4-5-9-12-16(18)17(13-14-17)15-10-7-6-8-11-15/h6-8,10-11,16,18H,2-5,9,12-14H2,1H3. The Labute approximate surface area is 111 Å². The molecule has 1 fully saturated rings. The van der Waals surface area contributed by atoms with Gasteiger partial charge in [-0.2, -0.15) is 0 Å². The molecule has 0 saturated heterocycles. The molecular formula is C17H26O. The topological polar surface area (TPSA) is 20.2 Å². The van der Waals surface area contributed by atoms with Crippen LogP contribution in [0.5, 0.6) is 0 Å². The van der Waals surface area contributed by atoms with E-state index in [1.165, 1.54) is 37.7 Å². The Bertz CT molecular complexity index is 340. The lowest BCUT2D eigenvalue weighted by Gasteiger charge is -2.22. The number of hydrogen-bond acceptors (Lipinski definition) is 1. The molecule has 1 aliphatic carbocycles. The first-order valence-corrected chi connectivity index (χ1v) is 7.53. The molecule has 0 radical (unpaired) electrons. The van der Waals surface area contributed by atoms with E-state index in [2.05, 4.69) is 37.3 Å². The van der Waals surface area contributed by atoms with Gasteiger partial charge in [-0.1, -0.05) is 69.4 Å². The van der Waals surface area contributed by atoms with Crippen LogP contribution in [-0.2, 0) is 5.41 Å². The van der Waals surface area contributed by atoms with Crippen molar-refractivity contribution in [2.45, 2.75) is 69.8 Å². The second-order valence-corrected chi connectivity index (χ2v) is 5.74. The highest BCUT2D eigenvalue weighted by molar-refractivity contribution is 5.32. The third-order valence-corrected chi connectivity index (χ3v) is 4.36. The third kappa shape index (κ3) is 3.14. The van der Waals surface area contributed by atoms with Crippen LogP contribution in [0.4, 0.5) is 0 Å². The van der Waals surface area contributed by atoms with Crippen molar-refractivity contribution in [3.8, 4) is 0 Å². The lowest BCUT2D eigenvalue weighted by atomic mass is 9.87. The zero-order valence-corrected chi connectivity index (χ0v) is 11.6. The van der Waals surface area contributed by atoms with E-state index < -0.39 is 0 Å². The average molecular weight is 246 g/mol. The van der Waals surface area contributed by atoms with Crippen molar-refractivity contribution in [2.24, 2.45) is 0 Å². The van der Waals surface area contributed by atoms with Crippen LogP contribution >= 0.6 is 0 Å². The first-order valence-electron chi connectivity index (χ1n) is 7.53. The monoisotopic (exact) mass is 246 g/mol. The molecule has 18 heavy (non-hydrogen) atoms. The third-order valence-electron chi connectivity index (χ3n) is 4.36. The molecule has 0 heterocycles. The van der Waals surface area contributed by atoms with Gasteiger partial charge in [0.05, 0.1) is 6.10 Å². The summed E-state index contributed by atoms with van der Waals surface area (Å²) in [7, 11) is 0. The fraction of sp³-hybridized carbons (Fsp3) is 0.647. The SMILES string of the molecule is CCCCCCCC(O)C1(c2ccccc2)CC1. The van der Waals surface area contributed by atoms with Gasteiger partial charge in [-0.15, -0.1) is 0 Å². The maximum absolute atomic E-state index is 10.4. The van der Waals surface area contributed by atoms with E-state index in [-0.39, 0.29) is 11.5 Å². The lowest BCUT2D eigenvalue weighted by Crippen LogP contribution is -2.25. The van der Waals surface area contributed by atoms with Crippen molar-refractivity contribution in [1.29, 1.82) is 0 Å². The Hall–Kier alpha value is -0.820. The molecule has 0 aliphatic heterocycles. The van der Waals surface area contributed by atoms with Crippen molar-refractivity contribution in [3.05, 3.63) is 35.9 Å². The summed E-state index contributed by atoms with van der Waals surface area (Å²) in [5.74, 6) is 0. The fourth-order valence-corrected chi connectivity index (χ4v) is 2.94. The van der Waals surface area contributed by atoms with Crippen LogP contribution in [0.1, 0.15) is 63.9 Å². The maximum atomic E-state index is 10.4. The number of unbranched alkanes of at least 4 members (excludes halogenated alkanes) is 4. The highest BCUT2D eigenvalue weighted by atomic mass is 16.3. The largest absolute Gasteiger partial charge is 0.392 e. The second-order valence-electron chi connectivity index (χ2n) is 5.74. The van der Waals surface area contributed by atoms with Crippen molar-refractivity contribution in [2.75, 3.05) is 0 Å². The van der Waals surface area contributed by atoms with Crippen LogP contribution in [0.25, 0.3) is 0 Å². The second kappa shape index (κ2) is 6.38. The lowest BCUT2D eigenvalue weighted by molar-refractivity contribution is 0.119. The van der Waals surface area contributed by atoms with Gasteiger partial charge in [-0.3, -0.25) is 0 Å². The Morgan fingerprint density at radius 3 is 2.33 bits per heavy atom. The summed E-state index contributed by atoms with van der Waals surface area (Å²) in [4.78, 5) is 0. The van der Waals surface area contributed by atoms with Gasteiger partial charge in [0.15, 0.2) is 0 Å². The van der Waals surface area contributed by atoms with Gasteiger partial charge < -0.3 is 5.11 Å². The molecule has 1 N–H and O–H groups in total. The molecule has 1 nitrogen and oxygen atoms in total. The van der Waals surface area contributed by atoms with Gasteiger partial charge >= 0.3 is 0 Å². The van der Waals surface area contributed by atoms with Crippen LogP contribution in [0.15, 0.2) is 30.3 Å². The summed E-state index contributed by atoms with van der Waals surface area (Å²) >= 11 is 0. The summed E-state index contributed by atoms with van der Waals surface area (Å²) < 4.78 is 0. The molecule has 1 aliphatic rings. The van der Waals surface area contributed by atoms with Gasteiger partial charge in [0.25, 0.3) is 0 Å². The molecule has 1 aromatic carbocycles. The van der Waals surface area contributed by atoms with Crippen LogP contribution in [0.2, 0.25) is 0 Å². The minimum atomic E-state index is -0.137. The highest BCUT2D eigenvalue weighted by Crippen LogP contribution is 2.52. The highest BCUT2D eigenvalue weighted by Gasteiger charge is 2.49. The zero-order valence-electron chi connectivity index (χ0n) is 11.6. The molecule has 0 bridgehead atoms. The number of rotatable bonds is 8. The Kier molecular flexibility index (Phi) is 4.82. The van der Waals surface area contributed by atoms with Crippen molar-refractivity contribution >= 4 is 0 Å². The molecule has 1 unspecified atom stereocenters. The predicted molar refractivity (Wildman–Crippen MR) is 76.7 cm³/mol. The van der Waals surface area contributed by atoms with Crippen LogP contribution < -0.4 is 0 Å². The van der Waals surface area contributed by atoms with Crippen molar-refractivity contribution in [3.63, 3.8) is 0 Å². The molecule has 1 aromatic rings. The number of aliphatic hydroxyl groups is 1. The van der Waals surface area contributed by atoms with Gasteiger partial charge in [0, 0.05) is 5.41 Å². The molecule has 1 atom stereocenters. The molecule has 0 spiro atoms. The first kappa shape index (κ1) is 13.6. The summed E-state index contributed by atoms with van der Waals surface area (Å²) in [5.41, 5.74) is 1.44. The van der Waals surface area contributed by atoms with E-state index in [1.807, 2.05) is 0 Å². The Balaban J connectivity index is 1.80. The molecule has 100 valence electrons. The molecule has 1 saturated carbocycles. The predicted octanol–water partition coefficient (Wildman–Crippen LogP) is 4.44. The van der Waals surface area contributed by atoms with Crippen LogP contribution in [0, 0.1) is 0 Å². The number of aliphatic hydroxyl groups excluding tert-OH is 1. The molecular weight excluding hydrogens is 220 g/mol. The van der Waals surface area contributed by atoms with E-state index >= 15 is 0 Å². The molecule has 2 rings (SSSR count). The van der Waals surface area contributed by atoms with E-state index in [1.54, 1.807) is 0 Å². The zero-order chi connectivity index (χ0) is 12.8. The quantitative estimate of drug-likeness (QED) is 0.672. The van der Waals surface area contributed by atoms with Crippen LogP contribution in [-0.4, -0.2) is 11.2 Å². The van der Waals surface area contributed by atoms with E-state index in [0.717, 1.165) is 19.3 Å². The van der Waals surface area contributed by atoms with Gasteiger partial charge in [-0.25, -0.2) is 0 Å². The van der Waals surface area contributed by atoms with Crippen molar-refractivity contribution in [1.82, 2.24) is 0 Å². The maximum Gasteiger partial charge on any atom is 0.0636 e. The summed E-state index contributed by atoms with van der Waals surface area (Å²) in [6.07, 6.45) is 9.55. The molecule has 0 amide bonds. The van der Waals surface area contributed by atoms with Crippen molar-refractivity contribution < 1.29 is 5.11 Å². The van der Waals surface area contributed by atoms with Gasteiger partial charge in [0.2, 0.25) is 0 Å². The average Bonchev–Trinajstić information content (AvgIpc) is 3.21. The van der Waals surface area contributed by atoms with E-state index in [4.69, 9.17) is 0 Å². The number of benzene rings is 1. The summed E-state index contributed by atoms with van der Waals surface area (Å²) in [5, 5.41) is 10.4. The summed E-state index contributed by atoms with van der Waals surface area (Å²) in [6.45, 7) is 2.24. The minimum Gasteiger partial charge on any atom is -0.392 e. The first-order chi connectivity index (χ1) is 8.79. The normalized spacial score (nSPS) is 18.6. The summed E-state index contributed by atoms with van der Waals surface area (Å²) in [6, 6.07) is 10.6.